The molecular formula is C58H116. The van der Waals surface area contributed by atoms with Gasteiger partial charge in [-0.05, 0) is 109 Å². The van der Waals surface area contributed by atoms with E-state index in [2.05, 4.69) is 96.9 Å². The van der Waals surface area contributed by atoms with E-state index in [0.29, 0.717) is 0 Å². The van der Waals surface area contributed by atoms with Gasteiger partial charge in [0.1, 0.15) is 0 Å². The van der Waals surface area contributed by atoms with Crippen LogP contribution in [0.4, 0.5) is 0 Å². The molecule has 7 saturated carbocycles. The Morgan fingerprint density at radius 2 is 0.414 bits per heavy atom. The Morgan fingerprint density at radius 1 is 0.207 bits per heavy atom. The van der Waals surface area contributed by atoms with Crippen molar-refractivity contribution in [3.05, 3.63) is 0 Å². The fraction of sp³-hybridized carbons (Fsp3) is 1.00. The lowest BCUT2D eigenvalue weighted by Crippen LogP contribution is -2.10. The molecule has 7 fully saturated rings. The van der Waals surface area contributed by atoms with Crippen molar-refractivity contribution in [2.45, 2.75) is 290 Å². The van der Waals surface area contributed by atoms with E-state index in [9.17, 15) is 0 Å². The van der Waals surface area contributed by atoms with Crippen molar-refractivity contribution in [3.8, 4) is 0 Å². The molecule has 0 saturated heterocycles. The summed E-state index contributed by atoms with van der Waals surface area (Å²) >= 11 is 0. The molecule has 0 aromatic heterocycles. The SMILES string of the molecule is CC1CCC(C)C1.CC1CCC(C)CC1.CC1CCCC(C)C1.CC1CCCC(C)CC1.CC1CCCCC(C)C1.CCC1CCC(C)C1.CCC1CCC(C)CC1. The molecule has 0 aliphatic heterocycles. The Labute approximate surface area is 371 Å². The predicted molar refractivity (Wildman–Crippen MR) is 267 cm³/mol. The van der Waals surface area contributed by atoms with Crippen molar-refractivity contribution >= 4 is 0 Å². The molecule has 58 heavy (non-hydrogen) atoms. The Kier molecular flexibility index (Phi) is 33.3. The molecule has 10 atom stereocenters. The minimum absolute atomic E-state index is 1.00. The van der Waals surface area contributed by atoms with Gasteiger partial charge < -0.3 is 0 Å². The Balaban J connectivity index is 0.000000339. The Morgan fingerprint density at radius 3 is 0.690 bits per heavy atom. The van der Waals surface area contributed by atoms with Gasteiger partial charge in [0.05, 0.1) is 0 Å². The van der Waals surface area contributed by atoms with Crippen LogP contribution < -0.4 is 0 Å². The summed E-state index contributed by atoms with van der Waals surface area (Å²) in [4.78, 5) is 0. The highest BCUT2D eigenvalue weighted by Crippen LogP contribution is 2.33. The summed E-state index contributed by atoms with van der Waals surface area (Å²) < 4.78 is 0. The van der Waals surface area contributed by atoms with E-state index in [4.69, 9.17) is 0 Å². The summed E-state index contributed by atoms with van der Waals surface area (Å²) in [6, 6.07) is 0. The molecule has 0 nitrogen and oxygen atoms in total. The highest BCUT2D eigenvalue weighted by molar-refractivity contribution is 4.72. The minimum Gasteiger partial charge on any atom is -0.0651 e. The summed E-state index contributed by atoms with van der Waals surface area (Å²) in [5.41, 5.74) is 0. The van der Waals surface area contributed by atoms with E-state index in [1.54, 1.807) is 0 Å². The normalized spacial score (nSPS) is 38.8. The van der Waals surface area contributed by atoms with E-state index in [1.807, 2.05) is 0 Å². The topological polar surface area (TPSA) is 0 Å². The highest BCUT2D eigenvalue weighted by atomic mass is 14.3. The molecule has 0 amide bonds. The molecular weight excluding hydrogens is 697 g/mol. The first kappa shape index (κ1) is 56.0. The number of hydrogen-bond donors (Lipinski definition) is 0. The van der Waals surface area contributed by atoms with E-state index in [1.165, 1.54) is 193 Å². The van der Waals surface area contributed by atoms with Gasteiger partial charge in [-0.25, -0.2) is 0 Å². The molecule has 7 aliphatic rings. The lowest BCUT2D eigenvalue weighted by atomic mass is 9.82. The second-order valence-electron chi connectivity index (χ2n) is 23.9. The average molecular weight is 814 g/mol. The summed E-state index contributed by atoms with van der Waals surface area (Å²) in [7, 11) is 0. The maximum atomic E-state index is 2.39. The molecule has 0 radical (unpaired) electrons. The van der Waals surface area contributed by atoms with Crippen molar-refractivity contribution in [3.63, 3.8) is 0 Å². The Hall–Kier alpha value is 0. The van der Waals surface area contributed by atoms with E-state index in [0.717, 1.165) is 82.9 Å². The van der Waals surface area contributed by atoms with Crippen LogP contribution in [0.3, 0.4) is 0 Å². The maximum Gasteiger partial charge on any atom is -0.0414 e. The first-order valence-corrected chi connectivity index (χ1v) is 27.6. The molecule has 7 rings (SSSR count). The van der Waals surface area contributed by atoms with E-state index in [-0.39, 0.29) is 0 Å². The highest BCUT2D eigenvalue weighted by Gasteiger charge is 2.20. The van der Waals surface area contributed by atoms with Crippen LogP contribution in [-0.4, -0.2) is 0 Å². The van der Waals surface area contributed by atoms with Gasteiger partial charge in [0.2, 0.25) is 0 Å². The van der Waals surface area contributed by atoms with Gasteiger partial charge in [-0.3, -0.25) is 0 Å². The van der Waals surface area contributed by atoms with Crippen LogP contribution in [0.15, 0.2) is 0 Å². The van der Waals surface area contributed by atoms with Crippen molar-refractivity contribution < 1.29 is 0 Å². The van der Waals surface area contributed by atoms with E-state index >= 15 is 0 Å². The summed E-state index contributed by atoms with van der Waals surface area (Å²) in [5.74, 6) is 14.3. The predicted octanol–water partition coefficient (Wildman–Crippen LogP) is 20.6. The third-order valence-corrected chi connectivity index (χ3v) is 16.5. The molecule has 0 aromatic rings. The second-order valence-corrected chi connectivity index (χ2v) is 23.9. The molecule has 0 heteroatoms. The second kappa shape index (κ2) is 34.5. The lowest BCUT2D eigenvalue weighted by molar-refractivity contribution is 0.284. The summed E-state index contributed by atoms with van der Waals surface area (Å²) in [6.07, 6.45) is 44.2. The smallest absolute Gasteiger partial charge is 0.0414 e. The molecule has 0 aromatic carbocycles. The molecule has 0 heterocycles. The van der Waals surface area contributed by atoms with Crippen LogP contribution in [0, 0.1) is 82.9 Å². The van der Waals surface area contributed by atoms with E-state index < -0.39 is 0 Å². The van der Waals surface area contributed by atoms with Gasteiger partial charge in [0, 0.05) is 0 Å². The van der Waals surface area contributed by atoms with Gasteiger partial charge in [0.15, 0.2) is 0 Å². The van der Waals surface area contributed by atoms with Crippen LogP contribution in [0.25, 0.3) is 0 Å². The maximum absolute atomic E-state index is 2.39. The number of rotatable bonds is 2. The van der Waals surface area contributed by atoms with Crippen molar-refractivity contribution in [1.29, 1.82) is 0 Å². The zero-order chi connectivity index (χ0) is 43.3. The molecule has 10 unspecified atom stereocenters. The molecule has 0 bridgehead atoms. The number of hydrogen-bond acceptors (Lipinski definition) is 0. The monoisotopic (exact) mass is 813 g/mol. The first-order valence-electron chi connectivity index (χ1n) is 27.6. The minimum atomic E-state index is 1.00. The van der Waals surface area contributed by atoms with Crippen LogP contribution >= 0.6 is 0 Å². The molecule has 348 valence electrons. The van der Waals surface area contributed by atoms with Gasteiger partial charge in [-0.15, -0.1) is 0 Å². The van der Waals surface area contributed by atoms with Gasteiger partial charge in [0.25, 0.3) is 0 Å². The van der Waals surface area contributed by atoms with Crippen LogP contribution in [0.2, 0.25) is 0 Å². The first-order chi connectivity index (χ1) is 27.6. The van der Waals surface area contributed by atoms with Crippen LogP contribution in [0.5, 0.6) is 0 Å². The third-order valence-electron chi connectivity index (χ3n) is 16.5. The molecule has 0 N–H and O–H groups in total. The van der Waals surface area contributed by atoms with Gasteiger partial charge in [-0.1, -0.05) is 264 Å². The lowest BCUT2D eigenvalue weighted by Gasteiger charge is -2.24. The quantitative estimate of drug-likeness (QED) is 0.244. The fourth-order valence-electron chi connectivity index (χ4n) is 11.7. The standard InChI is InChI=1S/3C9H18.3C8H16.C7H14/c1-8-4-3-5-9(2)7-6-8;1-8-5-3-4-6-9(2)7-8;1-3-9-6-4-8(2)5-7-9;1-7-3-5-8(2)6-4-7;1-7-4-3-5-8(2)6-7;1-3-8-5-4-7(2)6-8;1-6-3-4-7(2)5-6/h3*8-9H,3-7H2,1-2H3;3*7-8H,3-6H2,1-2H3;6-7H,3-5H2,1-2H3. The summed E-state index contributed by atoms with van der Waals surface area (Å²) in [6.45, 7) is 33.1. The molecule has 7 aliphatic carbocycles. The van der Waals surface area contributed by atoms with Crippen molar-refractivity contribution in [2.24, 2.45) is 82.9 Å². The Bertz CT molecular complexity index is 826. The van der Waals surface area contributed by atoms with Crippen molar-refractivity contribution in [1.82, 2.24) is 0 Å². The van der Waals surface area contributed by atoms with Crippen molar-refractivity contribution in [2.75, 3.05) is 0 Å². The molecule has 0 spiro atoms. The average Bonchev–Trinajstić information content (AvgIpc) is 3.67. The largest absolute Gasteiger partial charge is 0.0651 e. The zero-order valence-corrected chi connectivity index (χ0v) is 43.3. The van der Waals surface area contributed by atoms with Gasteiger partial charge >= 0.3 is 0 Å². The van der Waals surface area contributed by atoms with Crippen LogP contribution in [-0.2, 0) is 0 Å². The van der Waals surface area contributed by atoms with Crippen LogP contribution in [0.1, 0.15) is 290 Å². The summed E-state index contributed by atoms with van der Waals surface area (Å²) in [5, 5.41) is 0. The zero-order valence-electron chi connectivity index (χ0n) is 43.3. The fourth-order valence-corrected chi connectivity index (χ4v) is 11.7. The van der Waals surface area contributed by atoms with Gasteiger partial charge in [-0.2, -0.15) is 0 Å². The third kappa shape index (κ3) is 30.9.